The highest BCUT2D eigenvalue weighted by Gasteiger charge is 2.08. The fraction of sp³-hybridized carbons (Fsp3) is 0.312. The van der Waals surface area contributed by atoms with Crippen LogP contribution in [-0.4, -0.2) is 11.5 Å². The molecule has 0 aliphatic rings. The summed E-state index contributed by atoms with van der Waals surface area (Å²) >= 11 is 0. The third-order valence-corrected chi connectivity index (χ3v) is 3.30. The summed E-state index contributed by atoms with van der Waals surface area (Å²) in [4.78, 5) is 4.04. The van der Waals surface area contributed by atoms with Gasteiger partial charge in [-0.1, -0.05) is 37.3 Å². The van der Waals surface area contributed by atoms with Gasteiger partial charge in [0.05, 0.1) is 0 Å². The molecule has 1 N–H and O–H groups in total. The van der Waals surface area contributed by atoms with E-state index in [1.807, 2.05) is 12.4 Å². The number of nitrogens with one attached hydrogen (secondary N) is 1. The summed E-state index contributed by atoms with van der Waals surface area (Å²) < 4.78 is 0. The molecule has 18 heavy (non-hydrogen) atoms. The highest BCUT2D eigenvalue weighted by Crippen LogP contribution is 2.16. The van der Waals surface area contributed by atoms with E-state index in [0.717, 1.165) is 6.54 Å². The van der Waals surface area contributed by atoms with E-state index in [0.29, 0.717) is 12.0 Å². The molecular formula is C16H20N2. The van der Waals surface area contributed by atoms with Crippen LogP contribution in [0, 0.1) is 0 Å². The number of rotatable bonds is 5. The van der Waals surface area contributed by atoms with Crippen LogP contribution in [-0.2, 0) is 0 Å². The van der Waals surface area contributed by atoms with Gasteiger partial charge in [0.25, 0.3) is 0 Å². The van der Waals surface area contributed by atoms with Crippen molar-refractivity contribution in [2.75, 3.05) is 6.54 Å². The van der Waals surface area contributed by atoms with Crippen molar-refractivity contribution in [2.45, 2.75) is 25.8 Å². The van der Waals surface area contributed by atoms with Gasteiger partial charge in [0, 0.05) is 25.0 Å². The second-order valence-electron chi connectivity index (χ2n) is 4.72. The van der Waals surface area contributed by atoms with E-state index in [1.165, 1.54) is 11.1 Å². The standard InChI is InChI=1S/C16H20N2/c1-13(15-6-4-3-5-7-15)12-18-14(2)16-8-10-17-11-9-16/h3-11,13-14,18H,12H2,1-2H3. The first-order chi connectivity index (χ1) is 8.77. The largest absolute Gasteiger partial charge is 0.310 e. The molecule has 2 aromatic rings. The fourth-order valence-electron chi connectivity index (χ4n) is 2.02. The zero-order chi connectivity index (χ0) is 12.8. The minimum absolute atomic E-state index is 0.360. The average molecular weight is 240 g/mol. The fourth-order valence-corrected chi connectivity index (χ4v) is 2.02. The van der Waals surface area contributed by atoms with Crippen LogP contribution < -0.4 is 5.32 Å². The number of pyridine rings is 1. The van der Waals surface area contributed by atoms with Gasteiger partial charge in [0.2, 0.25) is 0 Å². The van der Waals surface area contributed by atoms with Gasteiger partial charge in [0.1, 0.15) is 0 Å². The lowest BCUT2D eigenvalue weighted by Crippen LogP contribution is -2.23. The molecule has 94 valence electrons. The van der Waals surface area contributed by atoms with Gasteiger partial charge in [-0.15, -0.1) is 0 Å². The minimum Gasteiger partial charge on any atom is -0.310 e. The maximum absolute atomic E-state index is 4.04. The molecule has 2 nitrogen and oxygen atoms in total. The summed E-state index contributed by atoms with van der Waals surface area (Å²) in [6, 6.07) is 15.1. The number of nitrogens with zero attached hydrogens (tertiary/aromatic N) is 1. The Morgan fingerprint density at radius 1 is 0.944 bits per heavy atom. The molecule has 0 radical (unpaired) electrons. The summed E-state index contributed by atoms with van der Waals surface area (Å²) in [5.41, 5.74) is 2.66. The molecule has 2 unspecified atom stereocenters. The molecule has 1 aromatic carbocycles. The van der Waals surface area contributed by atoms with E-state index in [2.05, 4.69) is 66.6 Å². The van der Waals surface area contributed by atoms with Gasteiger partial charge < -0.3 is 5.32 Å². The van der Waals surface area contributed by atoms with Crippen molar-refractivity contribution in [3.05, 3.63) is 66.0 Å². The highest BCUT2D eigenvalue weighted by molar-refractivity contribution is 5.19. The van der Waals surface area contributed by atoms with Crippen LogP contribution in [0.5, 0.6) is 0 Å². The molecule has 2 rings (SSSR count). The summed E-state index contributed by atoms with van der Waals surface area (Å²) in [6.45, 7) is 5.42. The Labute approximate surface area is 109 Å². The molecule has 0 aliphatic carbocycles. The van der Waals surface area contributed by atoms with Crippen LogP contribution in [0.15, 0.2) is 54.9 Å². The van der Waals surface area contributed by atoms with Crippen LogP contribution >= 0.6 is 0 Å². The molecule has 0 spiro atoms. The number of hydrogen-bond donors (Lipinski definition) is 1. The molecule has 2 heteroatoms. The van der Waals surface area contributed by atoms with Crippen molar-refractivity contribution in [3.8, 4) is 0 Å². The zero-order valence-corrected chi connectivity index (χ0v) is 11.0. The number of benzene rings is 1. The van der Waals surface area contributed by atoms with Crippen molar-refractivity contribution >= 4 is 0 Å². The first-order valence-corrected chi connectivity index (χ1v) is 6.45. The van der Waals surface area contributed by atoms with E-state index < -0.39 is 0 Å². The van der Waals surface area contributed by atoms with E-state index >= 15 is 0 Å². The Morgan fingerprint density at radius 3 is 2.28 bits per heavy atom. The Balaban J connectivity index is 1.89. The Hall–Kier alpha value is -1.67. The Morgan fingerprint density at radius 2 is 1.61 bits per heavy atom. The Kier molecular flexibility index (Phi) is 4.48. The Bertz CT molecular complexity index is 408. The van der Waals surface area contributed by atoms with Crippen molar-refractivity contribution in [2.24, 2.45) is 0 Å². The number of hydrogen-bond acceptors (Lipinski definition) is 2. The molecule has 0 saturated carbocycles. The second-order valence-corrected chi connectivity index (χ2v) is 4.72. The predicted molar refractivity (Wildman–Crippen MR) is 75.5 cm³/mol. The molecule has 0 fully saturated rings. The second kappa shape index (κ2) is 6.31. The highest BCUT2D eigenvalue weighted by atomic mass is 14.9. The van der Waals surface area contributed by atoms with Crippen molar-refractivity contribution in [3.63, 3.8) is 0 Å². The summed E-state index contributed by atoms with van der Waals surface area (Å²) in [7, 11) is 0. The lowest BCUT2D eigenvalue weighted by Gasteiger charge is -2.18. The van der Waals surface area contributed by atoms with Gasteiger partial charge in [0.15, 0.2) is 0 Å². The molecule has 0 saturated heterocycles. The molecule has 1 heterocycles. The van der Waals surface area contributed by atoms with Gasteiger partial charge in [-0.25, -0.2) is 0 Å². The van der Waals surface area contributed by atoms with Gasteiger partial charge in [-0.2, -0.15) is 0 Å². The van der Waals surface area contributed by atoms with Gasteiger partial charge >= 0.3 is 0 Å². The van der Waals surface area contributed by atoms with Crippen molar-refractivity contribution in [1.82, 2.24) is 10.3 Å². The van der Waals surface area contributed by atoms with E-state index in [9.17, 15) is 0 Å². The normalized spacial score (nSPS) is 14.1. The SMILES string of the molecule is CC(CNC(C)c1ccncc1)c1ccccc1. The number of aromatic nitrogens is 1. The van der Waals surface area contributed by atoms with E-state index in [1.54, 1.807) is 0 Å². The summed E-state index contributed by atoms with van der Waals surface area (Å²) in [6.07, 6.45) is 3.68. The third-order valence-electron chi connectivity index (χ3n) is 3.30. The molecular weight excluding hydrogens is 220 g/mol. The smallest absolute Gasteiger partial charge is 0.0293 e. The maximum Gasteiger partial charge on any atom is 0.0293 e. The van der Waals surface area contributed by atoms with E-state index in [-0.39, 0.29) is 0 Å². The summed E-state index contributed by atoms with van der Waals surface area (Å²) in [5, 5.41) is 3.57. The van der Waals surface area contributed by atoms with Crippen LogP contribution in [0.3, 0.4) is 0 Å². The van der Waals surface area contributed by atoms with Crippen molar-refractivity contribution in [1.29, 1.82) is 0 Å². The molecule has 2 atom stereocenters. The van der Waals surface area contributed by atoms with Crippen LogP contribution in [0.4, 0.5) is 0 Å². The molecule has 0 bridgehead atoms. The maximum atomic E-state index is 4.04. The van der Waals surface area contributed by atoms with Gasteiger partial charge in [-0.3, -0.25) is 4.98 Å². The van der Waals surface area contributed by atoms with Crippen LogP contribution in [0.2, 0.25) is 0 Å². The van der Waals surface area contributed by atoms with E-state index in [4.69, 9.17) is 0 Å². The minimum atomic E-state index is 0.360. The van der Waals surface area contributed by atoms with Gasteiger partial charge in [-0.05, 0) is 36.1 Å². The topological polar surface area (TPSA) is 24.9 Å². The molecule has 0 aliphatic heterocycles. The molecule has 0 amide bonds. The van der Waals surface area contributed by atoms with Crippen LogP contribution in [0.1, 0.15) is 36.9 Å². The first kappa shape index (κ1) is 12.8. The average Bonchev–Trinajstić information content (AvgIpc) is 2.46. The van der Waals surface area contributed by atoms with Crippen LogP contribution in [0.25, 0.3) is 0 Å². The lowest BCUT2D eigenvalue weighted by molar-refractivity contribution is 0.537. The zero-order valence-electron chi connectivity index (χ0n) is 11.0. The quantitative estimate of drug-likeness (QED) is 0.864. The third kappa shape index (κ3) is 3.41. The summed E-state index contributed by atoms with van der Waals surface area (Å²) in [5.74, 6) is 0.524. The first-order valence-electron chi connectivity index (χ1n) is 6.45. The molecule has 1 aromatic heterocycles. The monoisotopic (exact) mass is 240 g/mol. The predicted octanol–water partition coefficient (Wildman–Crippen LogP) is 3.54. The lowest BCUT2D eigenvalue weighted by atomic mass is 10.0. The van der Waals surface area contributed by atoms with Crippen molar-refractivity contribution < 1.29 is 0 Å².